The van der Waals surface area contributed by atoms with Gasteiger partial charge in [0.15, 0.2) is 0 Å². The fraction of sp³-hybridized carbons (Fsp3) is 0.375. The van der Waals surface area contributed by atoms with E-state index in [-0.39, 0.29) is 0 Å². The Balaban J connectivity index is 0.000000817. The summed E-state index contributed by atoms with van der Waals surface area (Å²) in [6, 6.07) is 18.4. The molecular formula is C24H29Cl2Zr-. The van der Waals surface area contributed by atoms with Crippen molar-refractivity contribution in [2.75, 3.05) is 0 Å². The number of hydrogen-bond acceptors (Lipinski definition) is 0. The Morgan fingerprint density at radius 2 is 1.37 bits per heavy atom. The van der Waals surface area contributed by atoms with Gasteiger partial charge in [-0.15, -0.1) is 34.5 Å². The summed E-state index contributed by atoms with van der Waals surface area (Å²) in [5.74, 6) is 1.60. The average Bonchev–Trinajstić information content (AvgIpc) is 3.06. The number of benzene rings is 2. The molecular weight excluding hydrogens is 450 g/mol. The van der Waals surface area contributed by atoms with Crippen LogP contribution in [-0.4, -0.2) is 0 Å². The molecule has 0 spiro atoms. The zero-order valence-electron chi connectivity index (χ0n) is 17.1. The van der Waals surface area contributed by atoms with Crippen LogP contribution in [0.2, 0.25) is 0 Å². The summed E-state index contributed by atoms with van der Waals surface area (Å²) >= 11 is -0.826. The molecule has 0 fully saturated rings. The summed E-state index contributed by atoms with van der Waals surface area (Å²) in [6.07, 6.45) is 0. The van der Waals surface area contributed by atoms with Gasteiger partial charge in [-0.3, -0.25) is 0 Å². The van der Waals surface area contributed by atoms with Crippen molar-refractivity contribution in [3.8, 4) is 11.1 Å². The Morgan fingerprint density at radius 1 is 0.778 bits per heavy atom. The van der Waals surface area contributed by atoms with Gasteiger partial charge in [-0.25, -0.2) is 0 Å². The van der Waals surface area contributed by atoms with Crippen molar-refractivity contribution in [3.05, 3.63) is 65.2 Å². The first-order chi connectivity index (χ1) is 12.8. The fourth-order valence-electron chi connectivity index (χ4n) is 3.66. The first-order valence-corrected chi connectivity index (χ1v) is 15.9. The van der Waals surface area contributed by atoms with E-state index in [1.807, 2.05) is 0 Å². The van der Waals surface area contributed by atoms with Crippen LogP contribution in [-0.2, 0) is 20.8 Å². The second kappa shape index (κ2) is 10.3. The van der Waals surface area contributed by atoms with Crippen molar-refractivity contribution >= 4 is 27.8 Å². The third-order valence-corrected chi connectivity index (χ3v) is 5.09. The molecule has 0 aliphatic rings. The van der Waals surface area contributed by atoms with Crippen LogP contribution < -0.4 is 0 Å². The summed E-state index contributed by atoms with van der Waals surface area (Å²) in [5, 5.41) is 2.79. The Hall–Kier alpha value is -0.487. The zero-order valence-corrected chi connectivity index (χ0v) is 21.1. The molecule has 0 amide bonds. The summed E-state index contributed by atoms with van der Waals surface area (Å²) in [4.78, 5) is 0. The molecule has 0 saturated carbocycles. The number of fused-ring (bicyclic) bond motifs is 1. The second-order valence-electron chi connectivity index (χ2n) is 7.94. The van der Waals surface area contributed by atoms with Gasteiger partial charge in [-0.05, 0) is 28.9 Å². The first-order valence-electron chi connectivity index (χ1n) is 9.60. The predicted octanol–water partition coefficient (Wildman–Crippen LogP) is 8.97. The van der Waals surface area contributed by atoms with Crippen LogP contribution in [0, 0.1) is 0 Å². The van der Waals surface area contributed by atoms with Crippen LogP contribution in [0.4, 0.5) is 0 Å². The van der Waals surface area contributed by atoms with Crippen LogP contribution in [0.1, 0.15) is 76.0 Å². The Kier molecular flexibility index (Phi) is 8.73. The van der Waals surface area contributed by atoms with Crippen LogP contribution in [0.5, 0.6) is 0 Å². The van der Waals surface area contributed by atoms with Gasteiger partial charge in [-0.1, -0.05) is 76.9 Å². The van der Waals surface area contributed by atoms with Gasteiger partial charge in [0.05, 0.1) is 0 Å². The van der Waals surface area contributed by atoms with Crippen molar-refractivity contribution in [1.82, 2.24) is 0 Å². The topological polar surface area (TPSA) is 0 Å². The molecule has 0 radical (unpaired) electrons. The molecule has 0 bridgehead atoms. The van der Waals surface area contributed by atoms with Gasteiger partial charge < -0.3 is 0 Å². The standard InChI is InChI=1S/C24H29.2ClH.Zr/c1-15(2)19-13-18-11-12-21(17(5)6)24(23(18)14-19)22-10-8-7-9-20(22)16(3)4;;;/h7-17H,1-6H3;2*1H;/q-1;;;+2/p-2. The maximum atomic E-state index is 4.93. The van der Waals surface area contributed by atoms with E-state index in [1.54, 1.807) is 0 Å². The van der Waals surface area contributed by atoms with Crippen LogP contribution in [0.25, 0.3) is 21.9 Å². The normalized spacial score (nSPS) is 11.2. The molecule has 0 N–H and O–H groups in total. The van der Waals surface area contributed by atoms with Crippen molar-refractivity contribution < 1.29 is 20.8 Å². The monoisotopic (exact) mass is 477 g/mol. The molecule has 0 aliphatic carbocycles. The van der Waals surface area contributed by atoms with Crippen LogP contribution in [0.15, 0.2) is 48.5 Å². The van der Waals surface area contributed by atoms with E-state index in [9.17, 15) is 0 Å². The number of halogens is 2. The molecule has 27 heavy (non-hydrogen) atoms. The molecule has 0 nitrogen and oxygen atoms in total. The Labute approximate surface area is 183 Å². The SMILES string of the molecule is CC(C)c1cc2c(-c3ccccc3C(C)C)c(C(C)C)ccc2[cH-]1.[Cl][Zr][Cl]. The molecule has 0 unspecified atom stereocenters. The van der Waals surface area contributed by atoms with Crippen molar-refractivity contribution in [3.63, 3.8) is 0 Å². The van der Waals surface area contributed by atoms with Gasteiger partial charge in [-0.2, -0.15) is 6.07 Å². The van der Waals surface area contributed by atoms with Crippen molar-refractivity contribution in [2.45, 2.75) is 59.3 Å². The molecule has 3 rings (SSSR count). The minimum absolute atomic E-state index is 0.516. The van der Waals surface area contributed by atoms with Gasteiger partial charge in [0.25, 0.3) is 0 Å². The zero-order chi connectivity index (χ0) is 20.1. The quantitative estimate of drug-likeness (QED) is 0.328. The van der Waals surface area contributed by atoms with E-state index in [0.29, 0.717) is 17.8 Å². The van der Waals surface area contributed by atoms with E-state index in [0.717, 1.165) is 0 Å². The molecule has 0 atom stereocenters. The third-order valence-electron chi connectivity index (χ3n) is 5.09. The van der Waals surface area contributed by atoms with Gasteiger partial charge >= 0.3 is 37.9 Å². The molecule has 0 heterocycles. The van der Waals surface area contributed by atoms with Gasteiger partial charge in [0, 0.05) is 0 Å². The molecule has 0 saturated heterocycles. The molecule has 0 aliphatic heterocycles. The fourth-order valence-corrected chi connectivity index (χ4v) is 3.66. The number of rotatable bonds is 4. The minimum atomic E-state index is -0.826. The molecule has 3 aromatic rings. The van der Waals surface area contributed by atoms with E-state index in [1.165, 1.54) is 38.6 Å². The Morgan fingerprint density at radius 3 is 1.93 bits per heavy atom. The first kappa shape index (κ1) is 22.8. The van der Waals surface area contributed by atoms with E-state index >= 15 is 0 Å². The summed E-state index contributed by atoms with van der Waals surface area (Å²) in [5.41, 5.74) is 7.19. The van der Waals surface area contributed by atoms with Crippen molar-refractivity contribution in [2.24, 2.45) is 0 Å². The summed E-state index contributed by atoms with van der Waals surface area (Å²) < 4.78 is 0. The van der Waals surface area contributed by atoms with E-state index < -0.39 is 20.8 Å². The second-order valence-corrected chi connectivity index (χ2v) is 11.7. The molecule has 0 aromatic heterocycles. The average molecular weight is 480 g/mol. The predicted molar refractivity (Wildman–Crippen MR) is 119 cm³/mol. The van der Waals surface area contributed by atoms with E-state index in [2.05, 4.69) is 90.1 Å². The summed E-state index contributed by atoms with van der Waals surface area (Å²) in [7, 11) is 9.87. The maximum absolute atomic E-state index is 4.93. The molecule has 3 heteroatoms. The van der Waals surface area contributed by atoms with Crippen LogP contribution >= 0.6 is 17.0 Å². The summed E-state index contributed by atoms with van der Waals surface area (Å²) in [6.45, 7) is 13.7. The van der Waals surface area contributed by atoms with Crippen LogP contribution in [0.3, 0.4) is 0 Å². The van der Waals surface area contributed by atoms with Crippen molar-refractivity contribution in [1.29, 1.82) is 0 Å². The van der Waals surface area contributed by atoms with E-state index in [4.69, 9.17) is 17.0 Å². The third kappa shape index (κ3) is 5.32. The molecule has 3 aromatic carbocycles. The Bertz CT molecular complexity index is 875. The number of hydrogen-bond donors (Lipinski definition) is 0. The van der Waals surface area contributed by atoms with Gasteiger partial charge in [0.1, 0.15) is 0 Å². The van der Waals surface area contributed by atoms with Gasteiger partial charge in [0.2, 0.25) is 0 Å². The molecule has 144 valence electrons.